The molecule has 0 amide bonds. The van der Waals surface area contributed by atoms with E-state index in [4.69, 9.17) is 0 Å². The Balaban J connectivity index is 0.000000351. The molecule has 144 valence electrons. The monoisotopic (exact) mass is 410 g/mol. The zero-order valence-electron chi connectivity index (χ0n) is 16.3. The summed E-state index contributed by atoms with van der Waals surface area (Å²) in [5.41, 5.74) is 4.62. The average molecular weight is 410 g/mol. The van der Waals surface area contributed by atoms with Crippen LogP contribution in [-0.2, 0) is 17.1 Å². The van der Waals surface area contributed by atoms with Crippen LogP contribution >= 0.6 is 7.92 Å². The van der Waals surface area contributed by atoms with Crippen molar-refractivity contribution in [1.29, 1.82) is 0 Å². The third-order valence-corrected chi connectivity index (χ3v) is 10.1. The summed E-state index contributed by atoms with van der Waals surface area (Å²) in [6, 6.07) is 19.2. The third kappa shape index (κ3) is 6.37. The van der Waals surface area contributed by atoms with Gasteiger partial charge >= 0.3 is 17.1 Å². The van der Waals surface area contributed by atoms with Crippen LogP contribution < -0.4 is 0 Å². The molecule has 0 radical (unpaired) electrons. The first-order valence-corrected chi connectivity index (χ1v) is 12.1. The second-order valence-corrected chi connectivity index (χ2v) is 11.0. The molecule has 0 saturated heterocycles. The minimum Gasteiger partial charge on any atom is -0.214 e. The molecule has 0 nitrogen and oxygen atoms in total. The second kappa shape index (κ2) is 12.2. The van der Waals surface area contributed by atoms with Crippen molar-refractivity contribution in [2.24, 2.45) is 0 Å². The maximum atomic E-state index is 2.55. The van der Waals surface area contributed by atoms with Crippen molar-refractivity contribution in [3.63, 3.8) is 0 Å². The summed E-state index contributed by atoms with van der Waals surface area (Å²) in [5, 5.41) is 0. The van der Waals surface area contributed by atoms with Gasteiger partial charge in [0, 0.05) is 0 Å². The molecule has 2 saturated carbocycles. The van der Waals surface area contributed by atoms with Crippen molar-refractivity contribution in [1.82, 2.24) is 0 Å². The first kappa shape index (κ1) is 21.9. The quantitative estimate of drug-likeness (QED) is 0.272. The molecule has 0 aliphatic heterocycles. The first-order chi connectivity index (χ1) is 12.4. The zero-order valence-corrected chi connectivity index (χ0v) is 18.3. The van der Waals surface area contributed by atoms with Gasteiger partial charge in [-0.2, -0.15) is 35.9 Å². The smallest absolute Gasteiger partial charge is 0.214 e. The maximum Gasteiger partial charge on any atom is 2.00 e. The molecule has 0 heterocycles. The van der Waals surface area contributed by atoms with E-state index < -0.39 is 0 Å². The molecule has 2 fully saturated rings. The van der Waals surface area contributed by atoms with Crippen LogP contribution in [0.1, 0.15) is 82.4 Å². The van der Waals surface area contributed by atoms with Gasteiger partial charge in [0.15, 0.2) is 0 Å². The Morgan fingerprint density at radius 2 is 1.35 bits per heavy atom. The molecule has 0 N–H and O–H groups in total. The van der Waals surface area contributed by atoms with Crippen molar-refractivity contribution in [3.8, 4) is 0 Å². The molecule has 2 aromatic carbocycles. The predicted molar refractivity (Wildman–Crippen MR) is 113 cm³/mol. The molecule has 26 heavy (non-hydrogen) atoms. The molecule has 2 aliphatic carbocycles. The minimum atomic E-state index is 0. The van der Waals surface area contributed by atoms with E-state index in [0.717, 1.165) is 17.0 Å². The van der Waals surface area contributed by atoms with Crippen LogP contribution in [0.5, 0.6) is 0 Å². The molecule has 2 aliphatic rings. The minimum absolute atomic E-state index is 0. The fourth-order valence-electron chi connectivity index (χ4n) is 4.85. The Hall–Kier alpha value is -0.351. The Bertz CT molecular complexity index is 498. The van der Waals surface area contributed by atoms with E-state index in [1.54, 1.807) is 5.56 Å². The van der Waals surface area contributed by atoms with Gasteiger partial charge in [-0.3, -0.25) is 0 Å². The van der Waals surface area contributed by atoms with Gasteiger partial charge in [-0.1, -0.05) is 53.4 Å². The molecule has 4 rings (SSSR count). The Kier molecular flexibility index (Phi) is 10.3. The maximum absolute atomic E-state index is 2.55. The predicted octanol–water partition coefficient (Wildman–Crippen LogP) is 8.02. The second-order valence-electron chi connectivity index (χ2n) is 7.89. The Morgan fingerprint density at radius 1 is 0.808 bits per heavy atom. The van der Waals surface area contributed by atoms with Crippen molar-refractivity contribution in [2.45, 2.75) is 88.1 Å². The van der Waals surface area contributed by atoms with E-state index in [1.807, 2.05) is 30.3 Å². The topological polar surface area (TPSA) is 0 Å². The van der Waals surface area contributed by atoms with Gasteiger partial charge in [0.2, 0.25) is 0 Å². The van der Waals surface area contributed by atoms with Crippen molar-refractivity contribution in [2.75, 3.05) is 0 Å². The Labute approximate surface area is 173 Å². The van der Waals surface area contributed by atoms with Gasteiger partial charge < -0.3 is 0 Å². The van der Waals surface area contributed by atoms with E-state index in [1.165, 1.54) is 64.2 Å². The fourth-order valence-corrected chi connectivity index (χ4v) is 9.15. The first-order valence-electron chi connectivity index (χ1n) is 10.5. The van der Waals surface area contributed by atoms with Gasteiger partial charge in [0.25, 0.3) is 0 Å². The Morgan fingerprint density at radius 3 is 1.73 bits per heavy atom. The summed E-state index contributed by atoms with van der Waals surface area (Å²) in [6.07, 6.45) is 15.1. The molecule has 0 aromatic heterocycles. The average Bonchev–Trinajstić information content (AvgIpc) is 3.40. The van der Waals surface area contributed by atoms with Crippen LogP contribution in [0.3, 0.4) is 0 Å². The van der Waals surface area contributed by atoms with E-state index >= 15 is 0 Å². The van der Waals surface area contributed by atoms with Gasteiger partial charge in [-0.05, 0) is 42.7 Å². The molecule has 0 bridgehead atoms. The summed E-state index contributed by atoms with van der Waals surface area (Å²) < 4.78 is 0. The third-order valence-electron chi connectivity index (χ3n) is 6.17. The molecular weight excluding hydrogens is 375 g/mol. The molecule has 2 aromatic rings. The SMILES string of the molecule is C[C@H](c1ccc[cH-]1)P(C1CCCCC1)C1CCCCC1.[Fe+2].c1cc[cH-]c1. The number of rotatable bonds is 4. The molecular formula is C24H35FeP. The van der Waals surface area contributed by atoms with Crippen LogP contribution in [0.4, 0.5) is 0 Å². The van der Waals surface area contributed by atoms with Crippen LogP contribution in [0.15, 0.2) is 54.6 Å². The number of hydrogen-bond donors (Lipinski definition) is 0. The van der Waals surface area contributed by atoms with Crippen LogP contribution in [0.2, 0.25) is 0 Å². The van der Waals surface area contributed by atoms with Crippen molar-refractivity contribution < 1.29 is 17.1 Å². The number of hydrogen-bond acceptors (Lipinski definition) is 0. The van der Waals surface area contributed by atoms with Crippen LogP contribution in [0, 0.1) is 0 Å². The standard InChI is InChI=1S/C19H30P.C5H5.Fe/c1-16(17-10-8-9-11-17)20(18-12-4-2-5-13-18)19-14-6-3-7-15-19;1-2-4-5-3-1;/h8-11,16,18-19H,2-7,12-15H2,1H3;1-5H;/q2*-1;+2/t16-;;/m1../s1. The molecule has 0 spiro atoms. The van der Waals surface area contributed by atoms with Crippen LogP contribution in [-0.4, -0.2) is 11.3 Å². The summed E-state index contributed by atoms with van der Waals surface area (Å²) in [5.74, 6) is 0. The normalized spacial score (nSPS) is 20.1. The zero-order chi connectivity index (χ0) is 17.3. The van der Waals surface area contributed by atoms with E-state index in [9.17, 15) is 0 Å². The van der Waals surface area contributed by atoms with E-state index in [0.29, 0.717) is 0 Å². The summed E-state index contributed by atoms with van der Waals surface area (Å²) in [4.78, 5) is 0. The molecule has 1 atom stereocenters. The largest absolute Gasteiger partial charge is 2.00 e. The van der Waals surface area contributed by atoms with Crippen LogP contribution in [0.25, 0.3) is 0 Å². The summed E-state index contributed by atoms with van der Waals surface area (Å²) in [6.45, 7) is 2.55. The van der Waals surface area contributed by atoms with E-state index in [-0.39, 0.29) is 25.0 Å². The van der Waals surface area contributed by atoms with Gasteiger partial charge in [0.05, 0.1) is 0 Å². The van der Waals surface area contributed by atoms with Gasteiger partial charge in [-0.25, -0.2) is 24.3 Å². The summed E-state index contributed by atoms with van der Waals surface area (Å²) in [7, 11) is 0.191. The fraction of sp³-hybridized carbons (Fsp3) is 0.583. The molecule has 2 heteroatoms. The van der Waals surface area contributed by atoms with Crippen molar-refractivity contribution >= 4 is 7.92 Å². The van der Waals surface area contributed by atoms with Crippen molar-refractivity contribution in [3.05, 3.63) is 60.2 Å². The van der Waals surface area contributed by atoms with Gasteiger partial charge in [-0.15, -0.1) is 0 Å². The van der Waals surface area contributed by atoms with Gasteiger partial charge in [0.1, 0.15) is 0 Å². The molecule has 0 unspecified atom stereocenters. The summed E-state index contributed by atoms with van der Waals surface area (Å²) >= 11 is 0. The van der Waals surface area contributed by atoms with E-state index in [2.05, 4.69) is 31.2 Å².